The monoisotopic (exact) mass is 116 g/mol. The minimum atomic E-state index is 0.470. The minimum Gasteiger partial charge on any atom is -0.123 e. The number of hydrogen-bond acceptors (Lipinski definition) is 0. The molecule has 1 aliphatic rings. The van der Waals surface area contributed by atoms with E-state index in [2.05, 4.69) is 6.58 Å². The SMILES string of the molecule is C=CCC1CC1Cl. The molecule has 0 N–H and O–H groups in total. The summed E-state index contributed by atoms with van der Waals surface area (Å²) < 4.78 is 0. The van der Waals surface area contributed by atoms with Gasteiger partial charge in [-0.05, 0) is 18.8 Å². The average molecular weight is 117 g/mol. The van der Waals surface area contributed by atoms with Gasteiger partial charge in [0, 0.05) is 5.38 Å². The Morgan fingerprint density at radius 3 is 2.57 bits per heavy atom. The molecular weight excluding hydrogens is 108 g/mol. The molecule has 0 aromatic rings. The molecule has 0 nitrogen and oxygen atoms in total. The minimum absolute atomic E-state index is 0.470. The van der Waals surface area contributed by atoms with Gasteiger partial charge in [-0.2, -0.15) is 0 Å². The summed E-state index contributed by atoms with van der Waals surface area (Å²) in [4.78, 5) is 0. The first-order valence-corrected chi connectivity index (χ1v) is 3.03. The summed E-state index contributed by atoms with van der Waals surface area (Å²) >= 11 is 5.68. The lowest BCUT2D eigenvalue weighted by Crippen LogP contribution is -1.72. The summed E-state index contributed by atoms with van der Waals surface area (Å²) in [7, 11) is 0. The average Bonchev–Trinajstić information content (AvgIpc) is 2.22. The van der Waals surface area contributed by atoms with Crippen molar-refractivity contribution in [2.75, 3.05) is 0 Å². The lowest BCUT2D eigenvalue weighted by molar-refractivity contribution is 0.866. The predicted octanol–water partition coefficient (Wildman–Crippen LogP) is 2.19. The van der Waals surface area contributed by atoms with E-state index in [9.17, 15) is 0 Å². The van der Waals surface area contributed by atoms with Gasteiger partial charge in [-0.25, -0.2) is 0 Å². The quantitative estimate of drug-likeness (QED) is 0.383. The standard InChI is InChI=1S/C6H9Cl/c1-2-3-5-4-6(5)7/h2,5-6H,1,3-4H2. The first-order valence-electron chi connectivity index (χ1n) is 2.59. The molecule has 0 aromatic heterocycles. The topological polar surface area (TPSA) is 0 Å². The maximum atomic E-state index is 5.68. The maximum Gasteiger partial charge on any atom is 0.0371 e. The van der Waals surface area contributed by atoms with Gasteiger partial charge in [0.1, 0.15) is 0 Å². The smallest absolute Gasteiger partial charge is 0.0371 e. The van der Waals surface area contributed by atoms with Crippen LogP contribution in [0, 0.1) is 5.92 Å². The highest BCUT2D eigenvalue weighted by Gasteiger charge is 2.33. The maximum absolute atomic E-state index is 5.68. The summed E-state index contributed by atoms with van der Waals surface area (Å²) in [5.74, 6) is 0.763. The fourth-order valence-corrected chi connectivity index (χ4v) is 1.00. The molecule has 0 heterocycles. The molecule has 1 rings (SSSR count). The van der Waals surface area contributed by atoms with E-state index in [1.54, 1.807) is 0 Å². The molecule has 2 unspecified atom stereocenters. The molecule has 1 heteroatoms. The lowest BCUT2D eigenvalue weighted by atomic mass is 10.3. The lowest BCUT2D eigenvalue weighted by Gasteiger charge is -1.80. The van der Waals surface area contributed by atoms with Crippen molar-refractivity contribution in [2.45, 2.75) is 18.2 Å². The van der Waals surface area contributed by atoms with Crippen molar-refractivity contribution in [1.29, 1.82) is 0 Å². The Morgan fingerprint density at radius 2 is 2.43 bits per heavy atom. The summed E-state index contributed by atoms with van der Waals surface area (Å²) in [6.07, 6.45) is 4.24. The van der Waals surface area contributed by atoms with Crippen LogP contribution in [0.1, 0.15) is 12.8 Å². The van der Waals surface area contributed by atoms with E-state index in [0.717, 1.165) is 12.3 Å². The van der Waals surface area contributed by atoms with Crippen LogP contribution in [0.5, 0.6) is 0 Å². The number of allylic oxidation sites excluding steroid dienone is 1. The Balaban J connectivity index is 2.08. The Hall–Kier alpha value is 0.0300. The van der Waals surface area contributed by atoms with Crippen LogP contribution in [-0.2, 0) is 0 Å². The first kappa shape index (κ1) is 5.17. The van der Waals surface area contributed by atoms with Gasteiger partial charge < -0.3 is 0 Å². The third kappa shape index (κ3) is 1.20. The molecule has 0 aliphatic heterocycles. The third-order valence-corrected chi connectivity index (χ3v) is 1.84. The van der Waals surface area contributed by atoms with E-state index in [1.807, 2.05) is 6.08 Å². The number of rotatable bonds is 2. The van der Waals surface area contributed by atoms with Gasteiger partial charge in [0.15, 0.2) is 0 Å². The van der Waals surface area contributed by atoms with E-state index in [4.69, 9.17) is 11.6 Å². The van der Waals surface area contributed by atoms with Gasteiger partial charge >= 0.3 is 0 Å². The Labute approximate surface area is 49.2 Å². The van der Waals surface area contributed by atoms with Crippen LogP contribution in [0.25, 0.3) is 0 Å². The highest BCUT2D eigenvalue weighted by molar-refractivity contribution is 6.22. The molecule has 0 radical (unpaired) electrons. The van der Waals surface area contributed by atoms with Crippen LogP contribution in [0.2, 0.25) is 0 Å². The molecule has 0 saturated heterocycles. The fraction of sp³-hybridized carbons (Fsp3) is 0.667. The fourth-order valence-electron chi connectivity index (χ4n) is 0.669. The van der Waals surface area contributed by atoms with E-state index in [-0.39, 0.29) is 0 Å². The predicted molar refractivity (Wildman–Crippen MR) is 32.6 cm³/mol. The Bertz CT molecular complexity index is 78.2. The molecule has 0 spiro atoms. The molecule has 1 saturated carbocycles. The van der Waals surface area contributed by atoms with E-state index in [1.165, 1.54) is 6.42 Å². The van der Waals surface area contributed by atoms with E-state index >= 15 is 0 Å². The third-order valence-electron chi connectivity index (χ3n) is 1.31. The van der Waals surface area contributed by atoms with Crippen molar-refractivity contribution in [2.24, 2.45) is 5.92 Å². The van der Waals surface area contributed by atoms with Crippen LogP contribution in [-0.4, -0.2) is 5.38 Å². The van der Waals surface area contributed by atoms with Gasteiger partial charge in [0.25, 0.3) is 0 Å². The number of halogens is 1. The molecule has 0 aromatic carbocycles. The van der Waals surface area contributed by atoms with Crippen molar-refractivity contribution in [3.05, 3.63) is 12.7 Å². The Kier molecular flexibility index (Phi) is 1.38. The van der Waals surface area contributed by atoms with E-state index < -0.39 is 0 Å². The Morgan fingerprint density at radius 1 is 1.86 bits per heavy atom. The molecule has 1 fully saturated rings. The molecule has 1 aliphatic carbocycles. The zero-order valence-electron chi connectivity index (χ0n) is 4.23. The van der Waals surface area contributed by atoms with Crippen molar-refractivity contribution in [1.82, 2.24) is 0 Å². The largest absolute Gasteiger partial charge is 0.123 e. The van der Waals surface area contributed by atoms with Crippen molar-refractivity contribution in [3.8, 4) is 0 Å². The second-order valence-corrected chi connectivity index (χ2v) is 2.60. The molecular formula is C6H9Cl. The normalized spacial score (nSPS) is 37.9. The van der Waals surface area contributed by atoms with Gasteiger partial charge in [0.2, 0.25) is 0 Å². The highest BCUT2D eigenvalue weighted by Crippen LogP contribution is 2.38. The second-order valence-electron chi connectivity index (χ2n) is 2.04. The van der Waals surface area contributed by atoms with Crippen LogP contribution < -0.4 is 0 Å². The first-order chi connectivity index (χ1) is 3.34. The summed E-state index contributed by atoms with van der Waals surface area (Å²) in [6.45, 7) is 3.62. The summed E-state index contributed by atoms with van der Waals surface area (Å²) in [6, 6.07) is 0. The van der Waals surface area contributed by atoms with Crippen LogP contribution in [0.3, 0.4) is 0 Å². The van der Waals surface area contributed by atoms with Gasteiger partial charge in [-0.3, -0.25) is 0 Å². The number of hydrogen-bond donors (Lipinski definition) is 0. The van der Waals surface area contributed by atoms with Crippen LogP contribution in [0.15, 0.2) is 12.7 Å². The molecule has 0 amide bonds. The van der Waals surface area contributed by atoms with Crippen molar-refractivity contribution < 1.29 is 0 Å². The second kappa shape index (κ2) is 1.87. The molecule has 0 bridgehead atoms. The summed E-state index contributed by atoms with van der Waals surface area (Å²) in [5, 5.41) is 0.470. The van der Waals surface area contributed by atoms with Gasteiger partial charge in [0.05, 0.1) is 0 Å². The zero-order valence-corrected chi connectivity index (χ0v) is 4.99. The van der Waals surface area contributed by atoms with Crippen LogP contribution in [0.4, 0.5) is 0 Å². The zero-order chi connectivity index (χ0) is 5.28. The van der Waals surface area contributed by atoms with Crippen molar-refractivity contribution >= 4 is 11.6 Å². The van der Waals surface area contributed by atoms with E-state index in [0.29, 0.717) is 5.38 Å². The van der Waals surface area contributed by atoms with Crippen molar-refractivity contribution in [3.63, 3.8) is 0 Å². The van der Waals surface area contributed by atoms with Gasteiger partial charge in [-0.15, -0.1) is 18.2 Å². The molecule has 2 atom stereocenters. The highest BCUT2D eigenvalue weighted by atomic mass is 35.5. The molecule has 7 heavy (non-hydrogen) atoms. The van der Waals surface area contributed by atoms with Gasteiger partial charge in [-0.1, -0.05) is 6.08 Å². The van der Waals surface area contributed by atoms with Crippen LogP contribution >= 0.6 is 11.6 Å². The molecule has 40 valence electrons. The summed E-state index contributed by atoms with van der Waals surface area (Å²) in [5.41, 5.74) is 0. The number of alkyl halides is 1.